The molecule has 0 saturated heterocycles. The summed E-state index contributed by atoms with van der Waals surface area (Å²) < 4.78 is 5.88. The number of benzene rings is 1. The van der Waals surface area contributed by atoms with Gasteiger partial charge in [0.15, 0.2) is 5.96 Å². The van der Waals surface area contributed by atoms with Gasteiger partial charge in [-0.05, 0) is 24.6 Å². The monoisotopic (exact) mass is 382 g/mol. The molecule has 0 radical (unpaired) electrons. The number of nitriles is 1. The van der Waals surface area contributed by atoms with Gasteiger partial charge >= 0.3 is 0 Å². The van der Waals surface area contributed by atoms with E-state index in [0.29, 0.717) is 24.0 Å². The van der Waals surface area contributed by atoms with Crippen molar-refractivity contribution in [1.29, 1.82) is 5.26 Å². The van der Waals surface area contributed by atoms with Gasteiger partial charge in [0.1, 0.15) is 5.75 Å². The van der Waals surface area contributed by atoms with E-state index in [1.807, 2.05) is 69.1 Å². The SMILES string of the molecule is C=CC1=C(Oc2ccc(CC#N)cc2)N=C(N)N(C)C1/C=C\C.CC.CCC. The maximum Gasteiger partial charge on any atom is 0.228 e. The highest BCUT2D eigenvalue weighted by Gasteiger charge is 2.26. The number of hydrogen-bond acceptors (Lipinski definition) is 5. The van der Waals surface area contributed by atoms with Crippen LogP contribution in [0.5, 0.6) is 5.75 Å². The number of allylic oxidation sites excluding steroid dienone is 1. The van der Waals surface area contributed by atoms with Crippen LogP contribution >= 0.6 is 0 Å². The third-order valence-corrected chi connectivity index (χ3v) is 3.58. The fraction of sp³-hybridized carbons (Fsp3) is 0.391. The van der Waals surface area contributed by atoms with Crippen molar-refractivity contribution in [3.05, 3.63) is 66.1 Å². The molecule has 0 amide bonds. The first-order valence-corrected chi connectivity index (χ1v) is 9.72. The Balaban J connectivity index is 0.00000133. The van der Waals surface area contributed by atoms with Crippen molar-refractivity contribution in [2.75, 3.05) is 7.05 Å². The van der Waals surface area contributed by atoms with E-state index in [1.54, 1.807) is 6.08 Å². The molecule has 0 fully saturated rings. The Morgan fingerprint density at radius 3 is 2.32 bits per heavy atom. The zero-order valence-corrected chi connectivity index (χ0v) is 18.1. The molecule has 1 aliphatic heterocycles. The quantitative estimate of drug-likeness (QED) is 0.712. The van der Waals surface area contributed by atoms with Gasteiger partial charge in [-0.3, -0.25) is 0 Å². The number of rotatable bonds is 5. The zero-order chi connectivity index (χ0) is 21.5. The summed E-state index contributed by atoms with van der Waals surface area (Å²) in [5.74, 6) is 1.46. The molecule has 1 heterocycles. The third kappa shape index (κ3) is 7.32. The third-order valence-electron chi connectivity index (χ3n) is 3.58. The minimum absolute atomic E-state index is 0.0668. The van der Waals surface area contributed by atoms with Crippen LogP contribution in [0, 0.1) is 11.3 Å². The standard InChI is InChI=1S/C18H20N4O.C3H8.C2H6/c1-4-6-16-15(5-2)17(21-18(20)22(16)3)23-14-9-7-13(8-10-14)11-12-19;1-3-2;1-2/h4-10,16H,2,11H2,1,3H3,(H2,20,21);3H2,1-2H3;1-2H3/b6-4-;;. The van der Waals surface area contributed by atoms with Crippen molar-refractivity contribution in [2.45, 2.75) is 53.5 Å². The smallest absolute Gasteiger partial charge is 0.228 e. The predicted octanol–water partition coefficient (Wildman–Crippen LogP) is 5.18. The number of guanidine groups is 1. The number of aliphatic imine (C=N–C) groups is 1. The van der Waals surface area contributed by atoms with Crippen LogP contribution in [0.1, 0.15) is 46.6 Å². The number of hydrogen-bond donors (Lipinski definition) is 1. The van der Waals surface area contributed by atoms with Crippen molar-refractivity contribution in [2.24, 2.45) is 10.7 Å². The van der Waals surface area contributed by atoms with Crippen LogP contribution in [0.15, 0.2) is 65.5 Å². The fourth-order valence-corrected chi connectivity index (χ4v) is 2.31. The molecule has 28 heavy (non-hydrogen) atoms. The molecule has 1 aromatic carbocycles. The van der Waals surface area contributed by atoms with Crippen LogP contribution < -0.4 is 10.5 Å². The summed E-state index contributed by atoms with van der Waals surface area (Å²) in [5, 5.41) is 8.71. The lowest BCUT2D eigenvalue weighted by Crippen LogP contribution is -2.44. The molecule has 0 saturated carbocycles. The fourth-order valence-electron chi connectivity index (χ4n) is 2.31. The van der Waals surface area contributed by atoms with Crippen LogP contribution in [0.4, 0.5) is 0 Å². The molecule has 1 aliphatic rings. The predicted molar refractivity (Wildman–Crippen MR) is 119 cm³/mol. The normalized spacial score (nSPS) is 15.5. The first-order valence-electron chi connectivity index (χ1n) is 9.72. The molecule has 5 nitrogen and oxygen atoms in total. The van der Waals surface area contributed by atoms with E-state index in [2.05, 4.69) is 31.5 Å². The van der Waals surface area contributed by atoms with E-state index in [4.69, 9.17) is 15.7 Å². The molecular formula is C23H34N4O. The van der Waals surface area contributed by atoms with Gasteiger partial charge < -0.3 is 15.4 Å². The van der Waals surface area contributed by atoms with Gasteiger partial charge in [0.25, 0.3) is 0 Å². The molecule has 5 heteroatoms. The minimum atomic E-state index is -0.0668. The lowest BCUT2D eigenvalue weighted by atomic mass is 10.0. The summed E-state index contributed by atoms with van der Waals surface area (Å²) in [6.45, 7) is 14.1. The number of nitrogens with zero attached hydrogens (tertiary/aromatic N) is 3. The molecule has 0 spiro atoms. The maximum absolute atomic E-state index is 8.71. The minimum Gasteiger partial charge on any atom is -0.439 e. The van der Waals surface area contributed by atoms with Crippen molar-refractivity contribution in [3.63, 3.8) is 0 Å². The Hall–Kier alpha value is -3.00. The summed E-state index contributed by atoms with van der Waals surface area (Å²) in [5.41, 5.74) is 7.77. The highest BCUT2D eigenvalue weighted by atomic mass is 16.5. The summed E-state index contributed by atoms with van der Waals surface area (Å²) in [6.07, 6.45) is 7.33. The van der Waals surface area contributed by atoms with Crippen LogP contribution in [0.25, 0.3) is 0 Å². The Kier molecular flexibility index (Phi) is 12.6. The maximum atomic E-state index is 8.71. The highest BCUT2D eigenvalue weighted by Crippen LogP contribution is 2.25. The highest BCUT2D eigenvalue weighted by molar-refractivity contribution is 5.81. The second kappa shape index (κ2) is 14.1. The molecule has 152 valence electrons. The molecule has 2 rings (SSSR count). The first kappa shape index (κ1) is 25.0. The first-order chi connectivity index (χ1) is 13.5. The molecule has 0 aromatic heterocycles. The van der Waals surface area contributed by atoms with E-state index >= 15 is 0 Å². The lowest BCUT2D eigenvalue weighted by Gasteiger charge is -2.32. The van der Waals surface area contributed by atoms with Crippen LogP contribution in [0.3, 0.4) is 0 Å². The summed E-state index contributed by atoms with van der Waals surface area (Å²) >= 11 is 0. The van der Waals surface area contributed by atoms with Gasteiger partial charge in [-0.15, -0.1) is 0 Å². The average molecular weight is 383 g/mol. The summed E-state index contributed by atoms with van der Waals surface area (Å²) in [6, 6.07) is 9.40. The topological polar surface area (TPSA) is 74.6 Å². The van der Waals surface area contributed by atoms with Gasteiger partial charge in [0, 0.05) is 12.6 Å². The van der Waals surface area contributed by atoms with E-state index in [0.717, 1.165) is 11.1 Å². The largest absolute Gasteiger partial charge is 0.439 e. The second-order valence-electron chi connectivity index (χ2n) is 5.80. The Morgan fingerprint density at radius 1 is 1.29 bits per heavy atom. The van der Waals surface area contributed by atoms with Gasteiger partial charge in [-0.1, -0.05) is 71.1 Å². The van der Waals surface area contributed by atoms with E-state index in [1.165, 1.54) is 6.42 Å². The number of likely N-dealkylation sites (N-methyl/N-ethyl adjacent to an activating group) is 1. The zero-order valence-electron chi connectivity index (χ0n) is 18.1. The Bertz CT molecular complexity index is 724. The van der Waals surface area contributed by atoms with Crippen LogP contribution in [0.2, 0.25) is 0 Å². The van der Waals surface area contributed by atoms with Crippen molar-refractivity contribution >= 4 is 5.96 Å². The van der Waals surface area contributed by atoms with Gasteiger partial charge in [-0.25, -0.2) is 0 Å². The van der Waals surface area contributed by atoms with Crippen molar-refractivity contribution < 1.29 is 4.74 Å². The van der Waals surface area contributed by atoms with Gasteiger partial charge in [0.2, 0.25) is 5.88 Å². The van der Waals surface area contributed by atoms with Gasteiger partial charge in [0.05, 0.1) is 18.5 Å². The van der Waals surface area contributed by atoms with Crippen LogP contribution in [-0.2, 0) is 6.42 Å². The Morgan fingerprint density at radius 2 is 1.86 bits per heavy atom. The van der Waals surface area contributed by atoms with E-state index < -0.39 is 0 Å². The summed E-state index contributed by atoms with van der Waals surface area (Å²) in [4.78, 5) is 6.18. The second-order valence-corrected chi connectivity index (χ2v) is 5.80. The lowest BCUT2D eigenvalue weighted by molar-refractivity contribution is 0.373. The van der Waals surface area contributed by atoms with E-state index in [9.17, 15) is 0 Å². The molecule has 1 aromatic rings. The molecule has 0 aliphatic carbocycles. The molecular weight excluding hydrogens is 348 g/mol. The Labute approximate surface area is 170 Å². The molecule has 2 N–H and O–H groups in total. The van der Waals surface area contributed by atoms with Gasteiger partial charge in [-0.2, -0.15) is 10.3 Å². The number of ether oxygens (including phenoxy) is 1. The average Bonchev–Trinajstić information content (AvgIpc) is 2.70. The van der Waals surface area contributed by atoms with Crippen molar-refractivity contribution in [3.8, 4) is 11.8 Å². The molecule has 0 bridgehead atoms. The van der Waals surface area contributed by atoms with Crippen molar-refractivity contribution in [1.82, 2.24) is 4.90 Å². The number of nitrogens with two attached hydrogens (primary N) is 1. The molecule has 1 unspecified atom stereocenters. The van der Waals surface area contributed by atoms with Crippen LogP contribution in [-0.4, -0.2) is 23.9 Å². The molecule has 1 atom stereocenters. The summed E-state index contributed by atoms with van der Waals surface area (Å²) in [7, 11) is 1.88. The van der Waals surface area contributed by atoms with E-state index in [-0.39, 0.29) is 6.04 Å².